The van der Waals surface area contributed by atoms with Gasteiger partial charge in [0.2, 0.25) is 5.89 Å². The second-order valence-electron chi connectivity index (χ2n) is 6.92. The van der Waals surface area contributed by atoms with Crippen molar-refractivity contribution in [3.63, 3.8) is 0 Å². The van der Waals surface area contributed by atoms with E-state index in [1.54, 1.807) is 6.26 Å². The number of benzene rings is 3. The molecule has 4 rings (SSSR count). The Labute approximate surface area is 170 Å². The van der Waals surface area contributed by atoms with Crippen LogP contribution in [0, 0.1) is 13.8 Å². The van der Waals surface area contributed by atoms with Crippen LogP contribution in [-0.2, 0) is 13.2 Å². The van der Waals surface area contributed by atoms with Crippen LogP contribution in [0.4, 0.5) is 0 Å². The SMILES string of the molecule is Cc1cccc(COc2cccc(OCc3coc(-c4ccccc4)n3)c2)c1C. The molecule has 3 aromatic carbocycles. The summed E-state index contributed by atoms with van der Waals surface area (Å²) in [6.45, 7) is 5.09. The van der Waals surface area contributed by atoms with Gasteiger partial charge in [0.15, 0.2) is 0 Å². The Morgan fingerprint density at radius 3 is 2.31 bits per heavy atom. The van der Waals surface area contributed by atoms with Crippen molar-refractivity contribution in [3.8, 4) is 23.0 Å². The molecule has 0 N–H and O–H groups in total. The van der Waals surface area contributed by atoms with Crippen LogP contribution in [-0.4, -0.2) is 4.98 Å². The molecule has 29 heavy (non-hydrogen) atoms. The lowest BCUT2D eigenvalue weighted by atomic mass is 10.0. The molecule has 0 bridgehead atoms. The van der Waals surface area contributed by atoms with E-state index in [2.05, 4.69) is 37.0 Å². The number of oxazole rings is 1. The highest BCUT2D eigenvalue weighted by Gasteiger charge is 2.08. The zero-order chi connectivity index (χ0) is 20.1. The molecular formula is C25H23NO3. The second-order valence-corrected chi connectivity index (χ2v) is 6.92. The van der Waals surface area contributed by atoms with Crippen molar-refractivity contribution in [1.82, 2.24) is 4.98 Å². The van der Waals surface area contributed by atoms with Gasteiger partial charge in [0.05, 0.1) is 0 Å². The molecule has 4 heteroatoms. The normalized spacial score (nSPS) is 10.7. The zero-order valence-corrected chi connectivity index (χ0v) is 16.6. The minimum atomic E-state index is 0.330. The molecule has 0 aliphatic rings. The van der Waals surface area contributed by atoms with Gasteiger partial charge in [-0.05, 0) is 54.8 Å². The Hall–Kier alpha value is -3.53. The van der Waals surface area contributed by atoms with Gasteiger partial charge in [0, 0.05) is 11.6 Å². The Morgan fingerprint density at radius 1 is 0.793 bits per heavy atom. The van der Waals surface area contributed by atoms with Gasteiger partial charge in [-0.15, -0.1) is 0 Å². The Kier molecular flexibility index (Phi) is 5.61. The van der Waals surface area contributed by atoms with Crippen LogP contribution in [0.25, 0.3) is 11.5 Å². The van der Waals surface area contributed by atoms with Gasteiger partial charge in [-0.25, -0.2) is 4.98 Å². The number of hydrogen-bond acceptors (Lipinski definition) is 4. The van der Waals surface area contributed by atoms with E-state index in [1.165, 1.54) is 16.7 Å². The van der Waals surface area contributed by atoms with Crippen LogP contribution in [0.3, 0.4) is 0 Å². The number of rotatable bonds is 7. The third kappa shape index (κ3) is 4.66. The van der Waals surface area contributed by atoms with Gasteiger partial charge in [-0.2, -0.15) is 0 Å². The topological polar surface area (TPSA) is 44.5 Å². The van der Waals surface area contributed by atoms with Crippen molar-refractivity contribution >= 4 is 0 Å². The lowest BCUT2D eigenvalue weighted by Crippen LogP contribution is -2.00. The monoisotopic (exact) mass is 385 g/mol. The number of aromatic nitrogens is 1. The fourth-order valence-electron chi connectivity index (χ4n) is 3.03. The van der Waals surface area contributed by atoms with Crippen LogP contribution in [0.5, 0.6) is 11.5 Å². The Bertz CT molecular complexity index is 1090. The highest BCUT2D eigenvalue weighted by atomic mass is 16.5. The fourth-order valence-corrected chi connectivity index (χ4v) is 3.03. The maximum Gasteiger partial charge on any atom is 0.226 e. The fraction of sp³-hybridized carbons (Fsp3) is 0.160. The predicted octanol–water partition coefficient (Wildman–Crippen LogP) is 6.12. The third-order valence-corrected chi connectivity index (χ3v) is 4.88. The molecule has 4 nitrogen and oxygen atoms in total. The quantitative estimate of drug-likeness (QED) is 0.385. The van der Waals surface area contributed by atoms with E-state index in [0.29, 0.717) is 19.1 Å². The number of hydrogen-bond donors (Lipinski definition) is 0. The molecule has 1 aromatic heterocycles. The van der Waals surface area contributed by atoms with Crippen molar-refractivity contribution in [2.45, 2.75) is 27.1 Å². The average molecular weight is 385 g/mol. The van der Waals surface area contributed by atoms with E-state index in [0.717, 1.165) is 22.8 Å². The van der Waals surface area contributed by atoms with Crippen LogP contribution >= 0.6 is 0 Å². The van der Waals surface area contributed by atoms with Crippen molar-refractivity contribution in [2.24, 2.45) is 0 Å². The number of aryl methyl sites for hydroxylation is 1. The first-order valence-corrected chi connectivity index (χ1v) is 9.59. The van der Waals surface area contributed by atoms with Crippen LogP contribution < -0.4 is 9.47 Å². The first kappa shape index (κ1) is 18.8. The van der Waals surface area contributed by atoms with Gasteiger partial charge in [-0.1, -0.05) is 42.5 Å². The minimum Gasteiger partial charge on any atom is -0.489 e. The molecule has 0 saturated carbocycles. The highest BCUT2D eigenvalue weighted by molar-refractivity contribution is 5.52. The molecule has 0 unspecified atom stereocenters. The first-order chi connectivity index (χ1) is 14.2. The summed E-state index contributed by atoms with van der Waals surface area (Å²) >= 11 is 0. The van der Waals surface area contributed by atoms with Gasteiger partial charge in [-0.3, -0.25) is 0 Å². The van der Waals surface area contributed by atoms with E-state index in [9.17, 15) is 0 Å². The second kappa shape index (κ2) is 8.65. The number of nitrogens with zero attached hydrogens (tertiary/aromatic N) is 1. The van der Waals surface area contributed by atoms with Crippen molar-refractivity contribution in [2.75, 3.05) is 0 Å². The van der Waals surface area contributed by atoms with Crippen molar-refractivity contribution < 1.29 is 13.9 Å². The standard InChI is InChI=1S/C25H23NO3/c1-18-8-6-11-21(19(18)2)15-27-23-12-7-13-24(14-23)28-16-22-17-29-25(26-22)20-9-4-3-5-10-20/h3-14,17H,15-16H2,1-2H3. The summed E-state index contributed by atoms with van der Waals surface area (Å²) in [5.41, 5.74) is 5.41. The van der Waals surface area contributed by atoms with Gasteiger partial charge in [0.1, 0.15) is 36.7 Å². The summed E-state index contributed by atoms with van der Waals surface area (Å²) in [7, 11) is 0. The van der Waals surface area contributed by atoms with Crippen molar-refractivity contribution in [1.29, 1.82) is 0 Å². The molecule has 0 atom stereocenters. The molecule has 0 aliphatic heterocycles. The van der Waals surface area contributed by atoms with E-state index < -0.39 is 0 Å². The Morgan fingerprint density at radius 2 is 1.52 bits per heavy atom. The molecule has 0 fully saturated rings. The van der Waals surface area contributed by atoms with Crippen LogP contribution in [0.1, 0.15) is 22.4 Å². The molecular weight excluding hydrogens is 362 g/mol. The summed E-state index contributed by atoms with van der Waals surface area (Å²) in [4.78, 5) is 4.49. The zero-order valence-electron chi connectivity index (χ0n) is 16.6. The molecule has 0 saturated heterocycles. The van der Waals surface area contributed by atoms with Gasteiger partial charge < -0.3 is 13.9 Å². The highest BCUT2D eigenvalue weighted by Crippen LogP contribution is 2.23. The first-order valence-electron chi connectivity index (χ1n) is 9.59. The molecule has 0 amide bonds. The number of ether oxygens (including phenoxy) is 2. The van der Waals surface area contributed by atoms with Crippen molar-refractivity contribution in [3.05, 3.63) is 101 Å². The third-order valence-electron chi connectivity index (χ3n) is 4.88. The predicted molar refractivity (Wildman–Crippen MR) is 113 cm³/mol. The van der Waals surface area contributed by atoms with Gasteiger partial charge in [0.25, 0.3) is 0 Å². The van der Waals surface area contributed by atoms with Crippen LogP contribution in [0.2, 0.25) is 0 Å². The maximum absolute atomic E-state index is 5.97. The van der Waals surface area contributed by atoms with E-state index >= 15 is 0 Å². The van der Waals surface area contributed by atoms with E-state index in [1.807, 2.05) is 54.6 Å². The lowest BCUT2D eigenvalue weighted by Gasteiger charge is -2.11. The average Bonchev–Trinajstić information content (AvgIpc) is 3.23. The smallest absolute Gasteiger partial charge is 0.226 e. The van der Waals surface area contributed by atoms with Crippen LogP contribution in [0.15, 0.2) is 83.5 Å². The summed E-state index contributed by atoms with van der Waals surface area (Å²) in [6, 6.07) is 23.7. The molecule has 0 radical (unpaired) electrons. The molecule has 0 spiro atoms. The lowest BCUT2D eigenvalue weighted by molar-refractivity contribution is 0.287. The largest absolute Gasteiger partial charge is 0.489 e. The minimum absolute atomic E-state index is 0.330. The summed E-state index contributed by atoms with van der Waals surface area (Å²) in [5, 5.41) is 0. The summed E-state index contributed by atoms with van der Waals surface area (Å²) < 4.78 is 17.4. The molecule has 4 aromatic rings. The molecule has 0 aliphatic carbocycles. The molecule has 1 heterocycles. The van der Waals surface area contributed by atoms with E-state index in [-0.39, 0.29) is 0 Å². The van der Waals surface area contributed by atoms with E-state index in [4.69, 9.17) is 13.9 Å². The van der Waals surface area contributed by atoms with Gasteiger partial charge >= 0.3 is 0 Å². The summed E-state index contributed by atoms with van der Waals surface area (Å²) in [5.74, 6) is 2.09. The Balaban J connectivity index is 1.37. The summed E-state index contributed by atoms with van der Waals surface area (Å²) in [6.07, 6.45) is 1.63. The molecule has 146 valence electrons. The maximum atomic E-state index is 5.97.